The maximum atomic E-state index is 11.5. The SMILES string of the molecule is Cn1c(=O)sc2c3ccccc3cnc21. The number of aryl methyl sites for hydroxylation is 1. The molecule has 0 saturated heterocycles. The number of rotatable bonds is 0. The molecule has 0 atom stereocenters. The van der Waals surface area contributed by atoms with Crippen LogP contribution < -0.4 is 4.87 Å². The molecule has 0 saturated carbocycles. The third-order valence-corrected chi connectivity index (χ3v) is 3.57. The molecule has 0 unspecified atom stereocenters. The van der Waals surface area contributed by atoms with Crippen LogP contribution in [0.2, 0.25) is 0 Å². The first-order chi connectivity index (χ1) is 7.27. The average Bonchev–Trinajstić information content (AvgIpc) is 2.56. The molecule has 0 amide bonds. The monoisotopic (exact) mass is 216 g/mol. The summed E-state index contributed by atoms with van der Waals surface area (Å²) in [5, 5.41) is 2.18. The van der Waals surface area contributed by atoms with Crippen LogP contribution in [0.25, 0.3) is 21.1 Å². The zero-order valence-corrected chi connectivity index (χ0v) is 8.91. The molecule has 0 fully saturated rings. The minimum Gasteiger partial charge on any atom is -0.286 e. The minimum atomic E-state index is 0.0360. The molecular weight excluding hydrogens is 208 g/mol. The van der Waals surface area contributed by atoms with E-state index in [4.69, 9.17) is 0 Å². The first-order valence-electron chi connectivity index (χ1n) is 4.60. The molecule has 15 heavy (non-hydrogen) atoms. The summed E-state index contributed by atoms with van der Waals surface area (Å²) >= 11 is 1.25. The lowest BCUT2D eigenvalue weighted by atomic mass is 10.2. The van der Waals surface area contributed by atoms with Gasteiger partial charge in [-0.1, -0.05) is 35.6 Å². The molecule has 2 heterocycles. The van der Waals surface area contributed by atoms with Crippen LogP contribution in [-0.2, 0) is 7.05 Å². The van der Waals surface area contributed by atoms with Crippen molar-refractivity contribution in [2.75, 3.05) is 0 Å². The highest BCUT2D eigenvalue weighted by atomic mass is 32.1. The second kappa shape index (κ2) is 2.90. The van der Waals surface area contributed by atoms with Gasteiger partial charge < -0.3 is 0 Å². The highest BCUT2D eigenvalue weighted by Gasteiger charge is 2.08. The lowest BCUT2D eigenvalue weighted by Gasteiger charge is -1.98. The van der Waals surface area contributed by atoms with Crippen molar-refractivity contribution in [1.82, 2.24) is 9.55 Å². The Labute approximate surface area is 89.6 Å². The predicted octanol–water partition coefficient (Wildman–Crippen LogP) is 2.15. The molecule has 0 aliphatic rings. The summed E-state index contributed by atoms with van der Waals surface area (Å²) in [6.45, 7) is 0. The summed E-state index contributed by atoms with van der Waals surface area (Å²) in [7, 11) is 1.75. The number of hydrogen-bond acceptors (Lipinski definition) is 3. The maximum Gasteiger partial charge on any atom is 0.309 e. The van der Waals surface area contributed by atoms with Gasteiger partial charge in [0.1, 0.15) is 0 Å². The van der Waals surface area contributed by atoms with E-state index in [1.165, 1.54) is 11.3 Å². The van der Waals surface area contributed by atoms with Crippen LogP contribution in [0.15, 0.2) is 35.3 Å². The molecule has 0 N–H and O–H groups in total. The molecule has 3 aromatic rings. The molecule has 0 aliphatic carbocycles. The number of nitrogens with zero attached hydrogens (tertiary/aromatic N) is 2. The number of hydrogen-bond donors (Lipinski definition) is 0. The Morgan fingerprint density at radius 1 is 1.33 bits per heavy atom. The smallest absolute Gasteiger partial charge is 0.286 e. The number of thiazole rings is 1. The third-order valence-electron chi connectivity index (χ3n) is 2.52. The fourth-order valence-electron chi connectivity index (χ4n) is 1.71. The standard InChI is InChI=1S/C11H8N2OS/c1-13-10-9(15-11(13)14)8-5-3-2-4-7(8)6-12-10/h2-6H,1H3. The van der Waals surface area contributed by atoms with Gasteiger partial charge in [-0.05, 0) is 0 Å². The van der Waals surface area contributed by atoms with Crippen LogP contribution >= 0.6 is 11.3 Å². The lowest BCUT2D eigenvalue weighted by molar-refractivity contribution is 0.920. The fraction of sp³-hybridized carbons (Fsp3) is 0.0909. The van der Waals surface area contributed by atoms with Crippen molar-refractivity contribution in [2.24, 2.45) is 7.05 Å². The van der Waals surface area contributed by atoms with Gasteiger partial charge in [0.25, 0.3) is 0 Å². The summed E-state index contributed by atoms with van der Waals surface area (Å²) in [6, 6.07) is 7.98. The predicted molar refractivity (Wildman–Crippen MR) is 62.4 cm³/mol. The first-order valence-corrected chi connectivity index (χ1v) is 5.42. The van der Waals surface area contributed by atoms with Crippen molar-refractivity contribution >= 4 is 32.5 Å². The van der Waals surface area contributed by atoms with E-state index in [1.807, 2.05) is 30.5 Å². The van der Waals surface area contributed by atoms with E-state index in [2.05, 4.69) is 4.98 Å². The van der Waals surface area contributed by atoms with Crippen molar-refractivity contribution in [3.8, 4) is 0 Å². The van der Waals surface area contributed by atoms with Crippen LogP contribution in [0.4, 0.5) is 0 Å². The molecule has 3 rings (SSSR count). The number of fused-ring (bicyclic) bond motifs is 3. The molecule has 0 spiro atoms. The normalized spacial score (nSPS) is 11.3. The summed E-state index contributed by atoms with van der Waals surface area (Å²) < 4.78 is 2.56. The van der Waals surface area contributed by atoms with Crippen molar-refractivity contribution in [2.45, 2.75) is 0 Å². The largest absolute Gasteiger partial charge is 0.309 e. The van der Waals surface area contributed by atoms with Crippen LogP contribution in [0.3, 0.4) is 0 Å². The summed E-state index contributed by atoms with van der Waals surface area (Å²) in [6.07, 6.45) is 1.81. The first kappa shape index (κ1) is 8.61. The highest BCUT2D eigenvalue weighted by Crippen LogP contribution is 2.24. The van der Waals surface area contributed by atoms with Crippen molar-refractivity contribution in [3.63, 3.8) is 0 Å². The zero-order chi connectivity index (χ0) is 10.4. The van der Waals surface area contributed by atoms with Crippen molar-refractivity contribution in [1.29, 1.82) is 0 Å². The van der Waals surface area contributed by atoms with Gasteiger partial charge in [-0.25, -0.2) is 4.98 Å². The van der Waals surface area contributed by atoms with Crippen molar-refractivity contribution in [3.05, 3.63) is 40.1 Å². The molecule has 0 bridgehead atoms. The lowest BCUT2D eigenvalue weighted by Crippen LogP contribution is -2.07. The maximum absolute atomic E-state index is 11.5. The molecule has 1 aromatic carbocycles. The molecule has 3 nitrogen and oxygen atoms in total. The van der Waals surface area contributed by atoms with E-state index in [0.29, 0.717) is 0 Å². The second-order valence-corrected chi connectivity index (χ2v) is 4.39. The molecule has 0 radical (unpaired) electrons. The Kier molecular flexibility index (Phi) is 1.67. The summed E-state index contributed by atoms with van der Waals surface area (Å²) in [5.41, 5.74) is 0.767. The van der Waals surface area contributed by atoms with Gasteiger partial charge in [0.15, 0.2) is 5.65 Å². The van der Waals surface area contributed by atoms with E-state index < -0.39 is 0 Å². The van der Waals surface area contributed by atoms with Crippen LogP contribution in [0.1, 0.15) is 0 Å². The summed E-state index contributed by atoms with van der Waals surface area (Å²) in [4.78, 5) is 15.9. The van der Waals surface area contributed by atoms with Gasteiger partial charge in [0.05, 0.1) is 4.70 Å². The van der Waals surface area contributed by atoms with Gasteiger partial charge >= 0.3 is 4.87 Å². The average molecular weight is 216 g/mol. The Morgan fingerprint density at radius 3 is 3.00 bits per heavy atom. The van der Waals surface area contributed by atoms with Crippen LogP contribution in [-0.4, -0.2) is 9.55 Å². The number of benzene rings is 1. The zero-order valence-electron chi connectivity index (χ0n) is 8.10. The number of pyridine rings is 1. The van der Waals surface area contributed by atoms with Gasteiger partial charge in [-0.15, -0.1) is 0 Å². The van der Waals surface area contributed by atoms with Gasteiger partial charge in [-0.3, -0.25) is 9.36 Å². The topological polar surface area (TPSA) is 34.9 Å². The second-order valence-electron chi connectivity index (χ2n) is 3.43. The molecule has 4 heteroatoms. The minimum absolute atomic E-state index is 0.0360. The fourth-order valence-corrected chi connectivity index (χ4v) is 2.68. The highest BCUT2D eigenvalue weighted by molar-refractivity contribution is 7.17. The Balaban J connectivity index is 2.66. The molecule has 74 valence electrons. The Morgan fingerprint density at radius 2 is 2.13 bits per heavy atom. The van der Waals surface area contributed by atoms with E-state index in [1.54, 1.807) is 11.6 Å². The Bertz CT molecular complexity index is 711. The Hall–Kier alpha value is -1.68. The third kappa shape index (κ3) is 1.11. The summed E-state index contributed by atoms with van der Waals surface area (Å²) in [5.74, 6) is 0. The van der Waals surface area contributed by atoms with Gasteiger partial charge in [0, 0.05) is 24.0 Å². The van der Waals surface area contributed by atoms with Crippen LogP contribution in [0.5, 0.6) is 0 Å². The molecule has 0 aliphatic heterocycles. The van der Waals surface area contributed by atoms with E-state index in [9.17, 15) is 4.79 Å². The van der Waals surface area contributed by atoms with Crippen molar-refractivity contribution < 1.29 is 0 Å². The molecular formula is C11H8N2OS. The molecule has 2 aromatic heterocycles. The van der Waals surface area contributed by atoms with E-state index in [0.717, 1.165) is 21.1 Å². The number of aromatic nitrogens is 2. The van der Waals surface area contributed by atoms with E-state index in [-0.39, 0.29) is 4.87 Å². The van der Waals surface area contributed by atoms with Crippen LogP contribution in [0, 0.1) is 0 Å². The van der Waals surface area contributed by atoms with Gasteiger partial charge in [0.2, 0.25) is 0 Å². The van der Waals surface area contributed by atoms with E-state index >= 15 is 0 Å². The quantitative estimate of drug-likeness (QED) is 0.577. The van der Waals surface area contributed by atoms with Gasteiger partial charge in [-0.2, -0.15) is 0 Å².